The molecule has 2 fully saturated rings. The van der Waals surface area contributed by atoms with Crippen molar-refractivity contribution in [2.75, 3.05) is 49.7 Å². The molecule has 2 unspecified atom stereocenters. The molecule has 2 amide bonds. The van der Waals surface area contributed by atoms with Crippen LogP contribution >= 0.6 is 0 Å². The van der Waals surface area contributed by atoms with E-state index in [1.807, 2.05) is 26.0 Å². The number of Topliss-reactive ketones (excluding diaryl/α,β-unsaturated/α-hetero) is 1. The first-order valence-corrected chi connectivity index (χ1v) is 20.8. The van der Waals surface area contributed by atoms with Crippen LogP contribution in [0.2, 0.25) is 0 Å². The van der Waals surface area contributed by atoms with Gasteiger partial charge in [-0.1, -0.05) is 26.7 Å². The lowest BCUT2D eigenvalue weighted by atomic mass is 9.78. The lowest BCUT2D eigenvalue weighted by molar-refractivity contribution is -0.119. The predicted molar refractivity (Wildman–Crippen MR) is 221 cm³/mol. The number of aliphatic hydroxyl groups is 1. The number of allylic oxidation sites excluding steroid dienone is 6. The Hall–Kier alpha value is -5.40. The minimum absolute atomic E-state index is 0.00321. The van der Waals surface area contributed by atoms with E-state index >= 15 is 0 Å². The third-order valence-electron chi connectivity index (χ3n) is 10.8. The SMILES string of the molecule is CCCCOC(=O)OCCC(=O)N=C1C=C(N2CCCCC2C)C=CC1=C1C(=O)C(c2ccc(N3CCCCC3C)cc2NC(=O)CCOC(=O)OCCCC)=C1O. The van der Waals surface area contributed by atoms with Crippen LogP contribution in [0.15, 0.2) is 64.0 Å². The van der Waals surface area contributed by atoms with Crippen LogP contribution in [0.5, 0.6) is 0 Å². The van der Waals surface area contributed by atoms with Crippen molar-refractivity contribution in [3.05, 3.63) is 64.6 Å². The zero-order valence-corrected chi connectivity index (χ0v) is 34.3. The lowest BCUT2D eigenvalue weighted by Crippen LogP contribution is -2.37. The van der Waals surface area contributed by atoms with Crippen LogP contribution in [0.3, 0.4) is 0 Å². The molecule has 2 aliphatic carbocycles. The molecule has 1 aromatic rings. The molecule has 0 saturated carbocycles. The number of likely N-dealkylation sites (tertiary alicyclic amines) is 1. The molecule has 14 heteroatoms. The van der Waals surface area contributed by atoms with Gasteiger partial charge >= 0.3 is 12.3 Å². The first-order chi connectivity index (χ1) is 28.0. The van der Waals surface area contributed by atoms with E-state index in [4.69, 9.17) is 18.9 Å². The maximum Gasteiger partial charge on any atom is 0.508 e. The van der Waals surface area contributed by atoms with Gasteiger partial charge in [0.15, 0.2) is 0 Å². The van der Waals surface area contributed by atoms with Crippen LogP contribution in [0.1, 0.15) is 110 Å². The Morgan fingerprint density at radius 3 is 2.00 bits per heavy atom. The van der Waals surface area contributed by atoms with Gasteiger partial charge in [0.1, 0.15) is 19.0 Å². The smallest absolute Gasteiger partial charge is 0.506 e. The van der Waals surface area contributed by atoms with Crippen LogP contribution in [-0.2, 0) is 33.3 Å². The number of hydrogen-bond donors (Lipinski definition) is 2. The first-order valence-electron chi connectivity index (χ1n) is 20.8. The molecule has 2 heterocycles. The number of ether oxygens (including phenoxy) is 4. The molecule has 0 radical (unpaired) electrons. The highest BCUT2D eigenvalue weighted by molar-refractivity contribution is 6.42. The minimum atomic E-state index is -0.855. The number of unbranched alkanes of at least 4 members (excludes halogenated alkanes) is 2. The summed E-state index contributed by atoms with van der Waals surface area (Å²) < 4.78 is 20.1. The first kappa shape index (κ1) is 43.7. The third kappa shape index (κ3) is 11.4. The Labute approximate surface area is 341 Å². The fourth-order valence-electron chi connectivity index (χ4n) is 7.44. The zero-order valence-electron chi connectivity index (χ0n) is 34.3. The van der Waals surface area contributed by atoms with E-state index in [1.165, 1.54) is 0 Å². The van der Waals surface area contributed by atoms with Crippen molar-refractivity contribution in [3.63, 3.8) is 0 Å². The van der Waals surface area contributed by atoms with Crippen molar-refractivity contribution in [2.24, 2.45) is 4.99 Å². The maximum absolute atomic E-state index is 14.2. The molecule has 0 spiro atoms. The van der Waals surface area contributed by atoms with Gasteiger partial charge in [0.2, 0.25) is 17.6 Å². The number of rotatable bonds is 16. The summed E-state index contributed by atoms with van der Waals surface area (Å²) in [4.78, 5) is 73.3. The summed E-state index contributed by atoms with van der Waals surface area (Å²) in [5.41, 5.74) is 2.83. The van der Waals surface area contributed by atoms with Gasteiger partial charge in [-0.3, -0.25) is 14.4 Å². The number of nitrogens with zero attached hydrogens (tertiary/aromatic N) is 3. The summed E-state index contributed by atoms with van der Waals surface area (Å²) in [7, 11) is 0. The van der Waals surface area contributed by atoms with E-state index < -0.39 is 29.9 Å². The number of aliphatic imine (C=N–C) groups is 1. The largest absolute Gasteiger partial charge is 0.508 e. The molecule has 14 nitrogen and oxygen atoms in total. The summed E-state index contributed by atoms with van der Waals surface area (Å²) in [6, 6.07) is 5.92. The maximum atomic E-state index is 14.2. The Balaban J connectivity index is 1.43. The Morgan fingerprint density at radius 1 is 0.793 bits per heavy atom. The van der Waals surface area contributed by atoms with Crippen molar-refractivity contribution in [3.8, 4) is 0 Å². The lowest BCUT2D eigenvalue weighted by Gasteiger charge is -2.37. The van der Waals surface area contributed by atoms with Crippen molar-refractivity contribution in [1.29, 1.82) is 0 Å². The van der Waals surface area contributed by atoms with Crippen LogP contribution in [0.25, 0.3) is 5.57 Å². The highest BCUT2D eigenvalue weighted by atomic mass is 16.7. The van der Waals surface area contributed by atoms with Crippen molar-refractivity contribution < 1.29 is 48.0 Å². The van der Waals surface area contributed by atoms with Gasteiger partial charge in [-0.05, 0) is 102 Å². The molecular weight excluding hydrogens is 745 g/mol. The van der Waals surface area contributed by atoms with Gasteiger partial charge < -0.3 is 39.2 Å². The fourth-order valence-corrected chi connectivity index (χ4v) is 7.44. The van der Waals surface area contributed by atoms with E-state index in [-0.39, 0.29) is 79.5 Å². The summed E-state index contributed by atoms with van der Waals surface area (Å²) in [6.07, 6.45) is 12.7. The highest BCUT2D eigenvalue weighted by Gasteiger charge is 2.40. The van der Waals surface area contributed by atoms with Gasteiger partial charge in [0.25, 0.3) is 0 Å². The number of amides is 2. The number of nitrogens with one attached hydrogen (secondary N) is 1. The van der Waals surface area contributed by atoms with E-state index in [9.17, 15) is 29.1 Å². The second-order valence-corrected chi connectivity index (χ2v) is 15.1. The fraction of sp³-hybridized carbons (Fsp3) is 0.545. The summed E-state index contributed by atoms with van der Waals surface area (Å²) in [5.74, 6) is -1.80. The quantitative estimate of drug-likeness (QED) is 0.0935. The number of carbonyl (C=O) groups is 5. The molecule has 2 saturated heterocycles. The van der Waals surface area contributed by atoms with Crippen molar-refractivity contribution in [2.45, 2.75) is 117 Å². The van der Waals surface area contributed by atoms with Crippen molar-refractivity contribution >= 4 is 52.6 Å². The number of anilines is 2. The molecule has 2 aliphatic heterocycles. The summed E-state index contributed by atoms with van der Waals surface area (Å²) in [5, 5.41) is 14.6. The van der Waals surface area contributed by atoms with E-state index in [0.29, 0.717) is 24.1 Å². The second kappa shape index (κ2) is 21.4. The minimum Gasteiger partial charge on any atom is -0.506 e. The van der Waals surface area contributed by atoms with E-state index in [1.54, 1.807) is 24.3 Å². The van der Waals surface area contributed by atoms with Crippen molar-refractivity contribution in [1.82, 2.24) is 4.90 Å². The number of piperidine rings is 2. The molecule has 58 heavy (non-hydrogen) atoms. The number of benzene rings is 1. The van der Waals surface area contributed by atoms with Crippen LogP contribution in [0, 0.1) is 0 Å². The molecular formula is C44H58N4O10. The standard InChI is InChI=1S/C44H58N4O10/c1-5-7-23-55-43(53)57-25-19-37(49)45-35-27-31(47-21-11-9-13-29(47)3)15-17-33(35)39-41(51)40(42(39)52)34-18-16-32(48-22-12-10-14-30(48)4)28-36(34)46-38(50)20-26-58-44(54)56-24-8-6-2/h15-18,27-30,51H,5-14,19-26H2,1-4H3,(H,45,49). The molecule has 2 atom stereocenters. The monoisotopic (exact) mass is 802 g/mol. The average molecular weight is 803 g/mol. The zero-order chi connectivity index (χ0) is 41.6. The molecule has 0 aromatic heterocycles. The molecule has 314 valence electrons. The van der Waals surface area contributed by atoms with Gasteiger partial charge in [-0.25, -0.2) is 14.6 Å². The normalized spacial score (nSPS) is 21.3. The second-order valence-electron chi connectivity index (χ2n) is 15.1. The topological polar surface area (TPSA) is 173 Å². The van der Waals surface area contributed by atoms with Crippen LogP contribution < -0.4 is 10.2 Å². The van der Waals surface area contributed by atoms with Crippen LogP contribution in [-0.4, -0.2) is 97.2 Å². The van der Waals surface area contributed by atoms with Gasteiger partial charge in [0, 0.05) is 47.7 Å². The van der Waals surface area contributed by atoms with Crippen LogP contribution in [0.4, 0.5) is 21.0 Å². The number of carbonyl (C=O) groups excluding carboxylic acids is 5. The van der Waals surface area contributed by atoms with Gasteiger partial charge in [0.05, 0.1) is 48.6 Å². The molecule has 1 aromatic carbocycles. The van der Waals surface area contributed by atoms with E-state index in [2.05, 4.69) is 34.0 Å². The number of ketones is 1. The Bertz CT molecular complexity index is 1860. The molecule has 4 aliphatic rings. The van der Waals surface area contributed by atoms with E-state index in [0.717, 1.165) is 75.8 Å². The molecule has 5 rings (SSSR count). The predicted octanol–water partition coefficient (Wildman–Crippen LogP) is 8.13. The Kier molecular flexibility index (Phi) is 16.1. The Morgan fingerprint density at radius 2 is 1.40 bits per heavy atom. The number of aliphatic hydroxyl groups excluding tert-OH is 1. The van der Waals surface area contributed by atoms with Gasteiger partial charge in [-0.2, -0.15) is 0 Å². The molecule has 0 bridgehead atoms. The average Bonchev–Trinajstić information content (AvgIpc) is 3.20. The van der Waals surface area contributed by atoms with Gasteiger partial charge in [-0.15, -0.1) is 0 Å². The molecule has 2 N–H and O–H groups in total. The summed E-state index contributed by atoms with van der Waals surface area (Å²) in [6.45, 7) is 9.91. The number of hydrogen-bond acceptors (Lipinski definition) is 12. The highest BCUT2D eigenvalue weighted by Crippen LogP contribution is 2.43. The summed E-state index contributed by atoms with van der Waals surface area (Å²) >= 11 is 0. The third-order valence-corrected chi connectivity index (χ3v) is 10.8.